The van der Waals surface area contributed by atoms with E-state index in [2.05, 4.69) is 14.9 Å². The summed E-state index contributed by atoms with van der Waals surface area (Å²) in [4.78, 5) is 12.6. The third kappa shape index (κ3) is 4.65. The van der Waals surface area contributed by atoms with Crippen LogP contribution in [0.3, 0.4) is 0 Å². The quantitative estimate of drug-likeness (QED) is 0.463. The maximum atomic E-state index is 12.6. The Labute approximate surface area is 166 Å². The first-order valence-electron chi connectivity index (χ1n) is 7.94. The van der Waals surface area contributed by atoms with E-state index in [4.69, 9.17) is 5.73 Å². The molecule has 28 heavy (non-hydrogen) atoms. The molecule has 0 bridgehead atoms. The molecule has 0 aliphatic rings. The standard InChI is InChI=1S/C17H15F3N4O2S2/c1-9-7-13(14(25)8-27-16-23-22-15(21)28-16)10(2)24(9)11-3-5-12(6-4-11)26-17(18,19)20/h3-7H,8H2,1-2H3,(H2,21,22). The predicted octanol–water partition coefficient (Wildman–Crippen LogP) is 4.40. The highest BCUT2D eigenvalue weighted by Crippen LogP contribution is 2.28. The van der Waals surface area contributed by atoms with Crippen LogP contribution in [0, 0.1) is 13.8 Å². The van der Waals surface area contributed by atoms with Crippen molar-refractivity contribution in [3.05, 3.63) is 47.3 Å². The third-order valence-corrected chi connectivity index (χ3v) is 5.69. The van der Waals surface area contributed by atoms with Crippen LogP contribution in [0.25, 0.3) is 5.69 Å². The average Bonchev–Trinajstić information content (AvgIpc) is 3.15. The highest BCUT2D eigenvalue weighted by atomic mass is 32.2. The minimum Gasteiger partial charge on any atom is -0.406 e. The van der Waals surface area contributed by atoms with Crippen LogP contribution in [-0.2, 0) is 0 Å². The first kappa shape index (κ1) is 20.2. The molecule has 0 atom stereocenters. The number of anilines is 1. The lowest BCUT2D eigenvalue weighted by Gasteiger charge is -2.12. The predicted molar refractivity (Wildman–Crippen MR) is 101 cm³/mol. The summed E-state index contributed by atoms with van der Waals surface area (Å²) >= 11 is 2.46. The van der Waals surface area contributed by atoms with Gasteiger partial charge in [-0.05, 0) is 44.2 Å². The van der Waals surface area contributed by atoms with Crippen molar-refractivity contribution in [2.24, 2.45) is 0 Å². The van der Waals surface area contributed by atoms with Crippen LogP contribution < -0.4 is 10.5 Å². The fourth-order valence-electron chi connectivity index (χ4n) is 2.72. The van der Waals surface area contributed by atoms with Crippen LogP contribution in [0.15, 0.2) is 34.7 Å². The minimum atomic E-state index is -4.74. The zero-order valence-electron chi connectivity index (χ0n) is 14.8. The fourth-order valence-corrected chi connectivity index (χ4v) is 4.24. The van der Waals surface area contributed by atoms with E-state index < -0.39 is 6.36 Å². The maximum Gasteiger partial charge on any atom is 0.573 e. The van der Waals surface area contributed by atoms with E-state index in [0.29, 0.717) is 26.4 Å². The molecule has 11 heteroatoms. The number of hydrogen-bond donors (Lipinski definition) is 1. The molecule has 0 unspecified atom stereocenters. The smallest absolute Gasteiger partial charge is 0.406 e. The lowest BCUT2D eigenvalue weighted by molar-refractivity contribution is -0.274. The Kier molecular flexibility index (Phi) is 5.66. The van der Waals surface area contributed by atoms with Crippen LogP contribution in [0.5, 0.6) is 5.75 Å². The summed E-state index contributed by atoms with van der Waals surface area (Å²) in [5.74, 6) is -0.213. The molecule has 3 rings (SSSR count). The highest BCUT2D eigenvalue weighted by Gasteiger charge is 2.31. The van der Waals surface area contributed by atoms with Gasteiger partial charge in [-0.3, -0.25) is 4.79 Å². The lowest BCUT2D eigenvalue weighted by atomic mass is 10.2. The Morgan fingerprint density at radius 2 is 1.93 bits per heavy atom. The SMILES string of the molecule is Cc1cc(C(=O)CSc2nnc(N)s2)c(C)n1-c1ccc(OC(F)(F)F)cc1. The number of halogens is 3. The van der Waals surface area contributed by atoms with Crippen molar-refractivity contribution in [3.8, 4) is 11.4 Å². The number of benzene rings is 1. The lowest BCUT2D eigenvalue weighted by Crippen LogP contribution is -2.17. The van der Waals surface area contributed by atoms with Crippen LogP contribution in [0.2, 0.25) is 0 Å². The number of aryl methyl sites for hydroxylation is 1. The fraction of sp³-hybridized carbons (Fsp3) is 0.235. The van der Waals surface area contributed by atoms with Crippen molar-refractivity contribution in [3.63, 3.8) is 0 Å². The van der Waals surface area contributed by atoms with Gasteiger partial charge in [0.05, 0.1) is 5.75 Å². The summed E-state index contributed by atoms with van der Waals surface area (Å²) in [5.41, 5.74) is 8.18. The van der Waals surface area contributed by atoms with E-state index in [1.165, 1.54) is 47.4 Å². The molecule has 0 saturated carbocycles. The second-order valence-electron chi connectivity index (χ2n) is 5.78. The van der Waals surface area contributed by atoms with Gasteiger partial charge in [0.2, 0.25) is 5.13 Å². The second-order valence-corrected chi connectivity index (χ2v) is 8.01. The maximum absolute atomic E-state index is 12.6. The van der Waals surface area contributed by atoms with Crippen LogP contribution in [0.1, 0.15) is 21.7 Å². The van der Waals surface area contributed by atoms with Gasteiger partial charge in [0.15, 0.2) is 10.1 Å². The summed E-state index contributed by atoms with van der Waals surface area (Å²) in [6.07, 6.45) is -4.74. The molecular weight excluding hydrogens is 413 g/mol. The summed E-state index contributed by atoms with van der Waals surface area (Å²) in [6.45, 7) is 3.61. The average molecular weight is 428 g/mol. The normalized spacial score (nSPS) is 11.6. The molecule has 0 aliphatic carbocycles. The number of carbonyl (C=O) groups is 1. The molecule has 2 N–H and O–H groups in total. The summed E-state index contributed by atoms with van der Waals surface area (Å²) < 4.78 is 43.2. The van der Waals surface area contributed by atoms with Gasteiger partial charge in [-0.1, -0.05) is 23.1 Å². The van der Waals surface area contributed by atoms with Gasteiger partial charge in [0.25, 0.3) is 0 Å². The van der Waals surface area contributed by atoms with Gasteiger partial charge in [0.1, 0.15) is 5.75 Å². The van der Waals surface area contributed by atoms with E-state index in [1.54, 1.807) is 17.6 Å². The number of rotatable bonds is 6. The Bertz CT molecular complexity index is 997. The molecule has 0 fully saturated rings. The number of alkyl halides is 3. The van der Waals surface area contributed by atoms with E-state index >= 15 is 0 Å². The number of ketones is 1. The molecule has 0 spiro atoms. The zero-order valence-corrected chi connectivity index (χ0v) is 16.4. The minimum absolute atomic E-state index is 0.0878. The number of thioether (sulfide) groups is 1. The number of nitrogens with zero attached hydrogens (tertiary/aromatic N) is 3. The Hall–Kier alpha value is -2.53. The van der Waals surface area contributed by atoms with Gasteiger partial charge in [0, 0.05) is 22.6 Å². The largest absolute Gasteiger partial charge is 0.573 e. The van der Waals surface area contributed by atoms with Crippen molar-refractivity contribution < 1.29 is 22.7 Å². The summed E-state index contributed by atoms with van der Waals surface area (Å²) in [7, 11) is 0. The van der Waals surface area contributed by atoms with Crippen molar-refractivity contribution in [2.45, 2.75) is 24.5 Å². The second kappa shape index (κ2) is 7.84. The molecule has 0 radical (unpaired) electrons. The molecule has 1 aromatic carbocycles. The van der Waals surface area contributed by atoms with Gasteiger partial charge in [-0.2, -0.15) is 0 Å². The Balaban J connectivity index is 1.78. The Morgan fingerprint density at radius 3 is 2.50 bits per heavy atom. The molecule has 2 heterocycles. The first-order valence-corrected chi connectivity index (χ1v) is 9.74. The van der Waals surface area contributed by atoms with E-state index in [0.717, 1.165) is 5.69 Å². The van der Waals surface area contributed by atoms with Gasteiger partial charge >= 0.3 is 6.36 Å². The van der Waals surface area contributed by atoms with E-state index in [-0.39, 0.29) is 17.3 Å². The van der Waals surface area contributed by atoms with Crippen LogP contribution in [-0.4, -0.2) is 32.7 Å². The Morgan fingerprint density at radius 1 is 1.25 bits per heavy atom. The van der Waals surface area contributed by atoms with Gasteiger partial charge in [-0.15, -0.1) is 23.4 Å². The number of nitrogen functional groups attached to an aromatic ring is 1. The topological polar surface area (TPSA) is 83.0 Å². The number of aromatic nitrogens is 3. The number of nitrogens with two attached hydrogens (primary N) is 1. The molecule has 3 aromatic rings. The van der Waals surface area contributed by atoms with Crippen molar-refractivity contribution >= 4 is 34.0 Å². The third-order valence-electron chi connectivity index (χ3n) is 3.81. The molecular formula is C17H15F3N4O2S2. The first-order chi connectivity index (χ1) is 13.1. The number of carbonyl (C=O) groups excluding carboxylic acids is 1. The summed E-state index contributed by atoms with van der Waals surface area (Å²) in [5, 5.41) is 7.91. The molecule has 2 aromatic heterocycles. The molecule has 0 aliphatic heterocycles. The number of hydrogen-bond acceptors (Lipinski definition) is 7. The number of Topliss-reactive ketones (excluding diaryl/α,β-unsaturated/α-hetero) is 1. The van der Waals surface area contributed by atoms with Crippen molar-refractivity contribution in [2.75, 3.05) is 11.5 Å². The highest BCUT2D eigenvalue weighted by molar-refractivity contribution is 8.01. The van der Waals surface area contributed by atoms with Gasteiger partial charge in [-0.25, -0.2) is 0 Å². The van der Waals surface area contributed by atoms with Crippen molar-refractivity contribution in [1.29, 1.82) is 0 Å². The van der Waals surface area contributed by atoms with E-state index in [1.807, 2.05) is 6.92 Å². The van der Waals surface area contributed by atoms with E-state index in [9.17, 15) is 18.0 Å². The molecule has 6 nitrogen and oxygen atoms in total. The van der Waals surface area contributed by atoms with Crippen molar-refractivity contribution in [1.82, 2.24) is 14.8 Å². The number of ether oxygens (including phenoxy) is 1. The summed E-state index contributed by atoms with van der Waals surface area (Å²) in [6, 6.07) is 7.24. The molecule has 0 amide bonds. The molecule has 148 valence electrons. The monoisotopic (exact) mass is 428 g/mol. The zero-order chi connectivity index (χ0) is 20.5. The van der Waals surface area contributed by atoms with Crippen LogP contribution >= 0.6 is 23.1 Å². The van der Waals surface area contributed by atoms with Crippen LogP contribution in [0.4, 0.5) is 18.3 Å². The molecule has 0 saturated heterocycles. The van der Waals surface area contributed by atoms with Gasteiger partial charge < -0.3 is 15.0 Å².